The third-order valence-electron chi connectivity index (χ3n) is 2.80. The minimum absolute atomic E-state index is 0.0504. The molecule has 0 aliphatic carbocycles. The van der Waals surface area contributed by atoms with E-state index in [0.717, 1.165) is 12.1 Å². The van der Waals surface area contributed by atoms with Crippen LogP contribution < -0.4 is 10.1 Å². The number of furan rings is 1. The van der Waals surface area contributed by atoms with Gasteiger partial charge in [0.2, 0.25) is 0 Å². The smallest absolute Gasteiger partial charge is 0.146 e. The Morgan fingerprint density at radius 1 is 1.29 bits per heavy atom. The van der Waals surface area contributed by atoms with Gasteiger partial charge in [-0.05, 0) is 39.0 Å². The summed E-state index contributed by atoms with van der Waals surface area (Å²) >= 11 is 5.62. The van der Waals surface area contributed by atoms with Crippen molar-refractivity contribution >= 4 is 11.6 Å². The first kappa shape index (κ1) is 15.9. The summed E-state index contributed by atoms with van der Waals surface area (Å²) in [6, 6.07) is 6.27. The zero-order valence-electron chi connectivity index (χ0n) is 12.4. The summed E-state index contributed by atoms with van der Waals surface area (Å²) in [5.41, 5.74) is 1.10. The van der Waals surface area contributed by atoms with Crippen molar-refractivity contribution in [2.45, 2.75) is 39.5 Å². The van der Waals surface area contributed by atoms with E-state index < -0.39 is 5.82 Å². The SMILES string of the molecule is CC(C)(C)NCc1coc(COc2ccc(Cl)c(F)c2)c1. The van der Waals surface area contributed by atoms with Crippen molar-refractivity contribution in [2.75, 3.05) is 0 Å². The first-order valence-electron chi connectivity index (χ1n) is 6.73. The van der Waals surface area contributed by atoms with Gasteiger partial charge in [0.25, 0.3) is 0 Å². The largest absolute Gasteiger partial charge is 0.486 e. The number of hydrogen-bond donors (Lipinski definition) is 1. The minimum atomic E-state index is -0.497. The molecule has 0 aliphatic rings. The summed E-state index contributed by atoms with van der Waals surface area (Å²) in [5, 5.41) is 3.45. The zero-order chi connectivity index (χ0) is 15.5. The summed E-state index contributed by atoms with van der Waals surface area (Å²) in [4.78, 5) is 0. The van der Waals surface area contributed by atoms with Gasteiger partial charge in [-0.15, -0.1) is 0 Å². The lowest BCUT2D eigenvalue weighted by molar-refractivity contribution is 0.269. The second-order valence-corrected chi connectivity index (χ2v) is 6.30. The molecular weight excluding hydrogens is 293 g/mol. The number of rotatable bonds is 5. The standard InChI is InChI=1S/C16H19ClFNO2/c1-16(2,3)19-8-11-6-13(20-9-11)10-21-12-4-5-14(17)15(18)7-12/h4-7,9,19H,8,10H2,1-3H3. The Morgan fingerprint density at radius 2 is 2.05 bits per heavy atom. The van der Waals surface area contributed by atoms with Crippen LogP contribution >= 0.6 is 11.6 Å². The van der Waals surface area contributed by atoms with Crippen LogP contribution in [0.1, 0.15) is 32.1 Å². The fourth-order valence-corrected chi connectivity index (χ4v) is 1.80. The summed E-state index contributed by atoms with van der Waals surface area (Å²) in [6.07, 6.45) is 1.69. The van der Waals surface area contributed by atoms with Crippen molar-refractivity contribution in [1.29, 1.82) is 0 Å². The van der Waals surface area contributed by atoms with Gasteiger partial charge in [0.15, 0.2) is 0 Å². The highest BCUT2D eigenvalue weighted by Gasteiger charge is 2.10. The molecule has 0 unspecified atom stereocenters. The van der Waals surface area contributed by atoms with Gasteiger partial charge in [0.1, 0.15) is 23.9 Å². The van der Waals surface area contributed by atoms with Crippen LogP contribution in [0.2, 0.25) is 5.02 Å². The van der Waals surface area contributed by atoms with Crippen molar-refractivity contribution in [1.82, 2.24) is 5.32 Å². The number of halogens is 2. The van der Waals surface area contributed by atoms with Gasteiger partial charge in [0.05, 0.1) is 11.3 Å². The minimum Gasteiger partial charge on any atom is -0.486 e. The lowest BCUT2D eigenvalue weighted by atomic mass is 10.1. The third-order valence-corrected chi connectivity index (χ3v) is 3.11. The first-order chi connectivity index (χ1) is 9.83. The number of benzene rings is 1. The van der Waals surface area contributed by atoms with Crippen LogP contribution in [-0.4, -0.2) is 5.54 Å². The maximum Gasteiger partial charge on any atom is 0.146 e. The van der Waals surface area contributed by atoms with Crippen molar-refractivity contribution in [3.63, 3.8) is 0 Å². The second kappa shape index (κ2) is 6.50. The predicted octanol–water partition coefficient (Wildman–Crippen LogP) is 4.54. The molecule has 3 nitrogen and oxygen atoms in total. The van der Waals surface area contributed by atoms with Crippen LogP contribution in [0.25, 0.3) is 0 Å². The van der Waals surface area contributed by atoms with Crippen molar-refractivity contribution in [3.8, 4) is 5.75 Å². The van der Waals surface area contributed by atoms with Crippen molar-refractivity contribution < 1.29 is 13.5 Å². The summed E-state index contributed by atoms with van der Waals surface area (Å²) in [7, 11) is 0. The topological polar surface area (TPSA) is 34.4 Å². The molecule has 0 radical (unpaired) electrons. The van der Waals surface area contributed by atoms with E-state index in [1.165, 1.54) is 12.1 Å². The molecule has 2 aromatic rings. The highest BCUT2D eigenvalue weighted by Crippen LogP contribution is 2.21. The van der Waals surface area contributed by atoms with Gasteiger partial charge in [-0.2, -0.15) is 0 Å². The molecule has 0 fully saturated rings. The predicted molar refractivity (Wildman–Crippen MR) is 81.0 cm³/mol. The van der Waals surface area contributed by atoms with E-state index in [2.05, 4.69) is 26.1 Å². The van der Waals surface area contributed by atoms with Crippen LogP contribution in [0.15, 0.2) is 34.9 Å². The monoisotopic (exact) mass is 311 g/mol. The Morgan fingerprint density at radius 3 is 2.71 bits per heavy atom. The van der Waals surface area contributed by atoms with E-state index in [0.29, 0.717) is 11.5 Å². The van der Waals surface area contributed by atoms with Gasteiger partial charge < -0.3 is 14.5 Å². The Bertz CT molecular complexity index is 605. The number of ether oxygens (including phenoxy) is 1. The Kier molecular flexibility index (Phi) is 4.91. The maximum atomic E-state index is 13.3. The van der Waals surface area contributed by atoms with Crippen LogP contribution in [0.5, 0.6) is 5.75 Å². The van der Waals surface area contributed by atoms with Gasteiger partial charge in [0, 0.05) is 23.7 Å². The molecule has 1 aromatic carbocycles. The molecular formula is C16H19ClFNO2. The van der Waals surface area contributed by atoms with Crippen LogP contribution in [-0.2, 0) is 13.2 Å². The van der Waals surface area contributed by atoms with E-state index >= 15 is 0 Å². The van der Waals surface area contributed by atoms with Crippen LogP contribution in [0.3, 0.4) is 0 Å². The average molecular weight is 312 g/mol. The van der Waals surface area contributed by atoms with Gasteiger partial charge in [-0.1, -0.05) is 11.6 Å². The average Bonchev–Trinajstić information content (AvgIpc) is 2.85. The summed E-state index contributed by atoms with van der Waals surface area (Å²) in [6.45, 7) is 7.28. The van der Waals surface area contributed by atoms with Crippen molar-refractivity contribution in [3.05, 3.63) is 52.7 Å². The maximum absolute atomic E-state index is 13.3. The number of nitrogens with one attached hydrogen (secondary N) is 1. The zero-order valence-corrected chi connectivity index (χ0v) is 13.1. The van der Waals surface area contributed by atoms with E-state index in [1.807, 2.05) is 6.07 Å². The summed E-state index contributed by atoms with van der Waals surface area (Å²) in [5.74, 6) is 0.613. The molecule has 0 bridgehead atoms. The third kappa shape index (κ3) is 5.06. The van der Waals surface area contributed by atoms with E-state index in [4.69, 9.17) is 20.8 Å². The van der Waals surface area contributed by atoms with Gasteiger partial charge >= 0.3 is 0 Å². The molecule has 1 N–H and O–H groups in total. The lowest BCUT2D eigenvalue weighted by Crippen LogP contribution is -2.34. The Labute approximate surface area is 129 Å². The highest BCUT2D eigenvalue weighted by atomic mass is 35.5. The van der Waals surface area contributed by atoms with Gasteiger partial charge in [-0.25, -0.2) is 4.39 Å². The highest BCUT2D eigenvalue weighted by molar-refractivity contribution is 6.30. The molecule has 0 saturated carbocycles. The molecule has 5 heteroatoms. The molecule has 21 heavy (non-hydrogen) atoms. The van der Waals surface area contributed by atoms with Gasteiger partial charge in [-0.3, -0.25) is 0 Å². The van der Waals surface area contributed by atoms with E-state index in [9.17, 15) is 4.39 Å². The normalized spacial score (nSPS) is 11.7. The molecule has 0 amide bonds. The Balaban J connectivity index is 1.89. The number of hydrogen-bond acceptors (Lipinski definition) is 3. The molecule has 0 spiro atoms. The fourth-order valence-electron chi connectivity index (χ4n) is 1.68. The van der Waals surface area contributed by atoms with Crippen molar-refractivity contribution in [2.24, 2.45) is 0 Å². The fraction of sp³-hybridized carbons (Fsp3) is 0.375. The molecule has 1 heterocycles. The molecule has 2 rings (SSSR count). The summed E-state index contributed by atoms with van der Waals surface area (Å²) < 4.78 is 24.2. The quantitative estimate of drug-likeness (QED) is 0.880. The molecule has 0 atom stereocenters. The lowest BCUT2D eigenvalue weighted by Gasteiger charge is -2.19. The van der Waals surface area contributed by atoms with E-state index in [-0.39, 0.29) is 17.2 Å². The van der Waals surface area contributed by atoms with Crippen LogP contribution in [0.4, 0.5) is 4.39 Å². The van der Waals surface area contributed by atoms with E-state index in [1.54, 1.807) is 12.3 Å². The molecule has 0 aliphatic heterocycles. The second-order valence-electron chi connectivity index (χ2n) is 5.89. The molecule has 0 saturated heterocycles. The Hall–Kier alpha value is -1.52. The van der Waals surface area contributed by atoms with Crippen LogP contribution in [0, 0.1) is 5.82 Å². The molecule has 1 aromatic heterocycles. The first-order valence-corrected chi connectivity index (χ1v) is 7.10. The molecule has 114 valence electrons.